The Hall–Kier alpha value is -1.23. The number of esters is 2. The summed E-state index contributed by atoms with van der Waals surface area (Å²) in [5.74, 6) is 0.206. The monoisotopic (exact) mass is 546 g/mol. The molecule has 0 bridgehead atoms. The second kappa shape index (κ2) is 30.8. The van der Waals surface area contributed by atoms with E-state index >= 15 is 0 Å². The molecular weight excluding hydrogens is 491 g/mol. The van der Waals surface area contributed by atoms with Gasteiger partial charge < -0.3 is 19.1 Å². The van der Waals surface area contributed by atoms with Gasteiger partial charge in [-0.25, -0.2) is 0 Å². The van der Waals surface area contributed by atoms with Crippen LogP contribution in [0.15, 0.2) is 0 Å². The molecule has 0 unspecified atom stereocenters. The van der Waals surface area contributed by atoms with Gasteiger partial charge in [0, 0.05) is 43.2 Å². The van der Waals surface area contributed by atoms with E-state index in [0.717, 1.165) is 25.7 Å². The van der Waals surface area contributed by atoms with Gasteiger partial charge in [-0.15, -0.1) is 0 Å². The van der Waals surface area contributed by atoms with E-state index in [1.54, 1.807) is 13.8 Å². The van der Waals surface area contributed by atoms with Crippen molar-refractivity contribution in [1.82, 2.24) is 0 Å². The zero-order valence-corrected chi connectivity index (χ0v) is 24.1. The van der Waals surface area contributed by atoms with Crippen molar-refractivity contribution in [3.8, 4) is 0 Å². The molecule has 7 heteroatoms. The number of rotatable bonds is 22. The minimum Gasteiger partial charge on any atom is -0.338 e. The first-order valence-electron chi connectivity index (χ1n) is 13.7. The van der Waals surface area contributed by atoms with Gasteiger partial charge in [-0.05, 0) is 12.8 Å². The molecule has 0 radical (unpaired) electrons. The van der Waals surface area contributed by atoms with Crippen LogP contribution < -0.4 is 0 Å². The maximum absolute atomic E-state index is 9.23. The molecule has 0 heterocycles. The average molecular weight is 547 g/mol. The number of unbranched alkanes of at least 4 members (excludes halogenated alkanes) is 14. The number of carbonyl (C=O) groups excluding carboxylic acids is 4. The largest absolute Gasteiger partial charge is 0.496 e. The van der Waals surface area contributed by atoms with Crippen molar-refractivity contribution < 1.29 is 45.1 Å². The molecule has 4 N–H and O–H groups in total. The summed E-state index contributed by atoms with van der Waals surface area (Å²) < 4.78 is 10.2. The predicted octanol–water partition coefficient (Wildman–Crippen LogP) is 7.20. The van der Waals surface area contributed by atoms with Gasteiger partial charge in [0.05, 0.1) is 0 Å². The number of hydrogen-bond acceptors (Lipinski definition) is 2. The van der Waals surface area contributed by atoms with Crippen LogP contribution in [0.4, 0.5) is 0 Å². The fourth-order valence-electron chi connectivity index (χ4n) is 3.39. The molecule has 0 fully saturated rings. The van der Waals surface area contributed by atoms with Crippen LogP contribution in [0.25, 0.3) is 0 Å². The molecule has 0 aromatic rings. The minimum absolute atomic E-state index is 0. The van der Waals surface area contributed by atoms with Crippen LogP contribution in [0.1, 0.15) is 143 Å². The molecule has 0 aliphatic heterocycles. The summed E-state index contributed by atoms with van der Waals surface area (Å²) in [7, 11) is 0. The van der Waals surface area contributed by atoms with Gasteiger partial charge in [0.2, 0.25) is 12.8 Å². The van der Waals surface area contributed by atoms with Gasteiger partial charge in [-0.1, -0.05) is 90.9 Å². The van der Waals surface area contributed by atoms with Crippen LogP contribution in [-0.4, -0.2) is 55.9 Å². The molecule has 0 aliphatic rings. The van der Waals surface area contributed by atoms with Gasteiger partial charge in [0.15, 0.2) is 13.2 Å². The summed E-state index contributed by atoms with van der Waals surface area (Å²) in [6.07, 6.45) is 20.3. The zero-order valence-electron chi connectivity index (χ0n) is 23.1. The molecule has 0 aliphatic carbocycles. The van der Waals surface area contributed by atoms with E-state index < -0.39 is 0 Å². The Balaban J connectivity index is -0.000000569. The Bertz CT molecular complexity index is 476. The van der Waals surface area contributed by atoms with Gasteiger partial charge in [0.25, 0.3) is 0 Å². The number of ether oxygens (including phenoxy) is 2. The van der Waals surface area contributed by atoms with Crippen LogP contribution in [0.3, 0.4) is 0 Å². The van der Waals surface area contributed by atoms with Crippen molar-refractivity contribution in [2.75, 3.05) is 13.2 Å². The van der Waals surface area contributed by atoms with Crippen molar-refractivity contribution in [3.05, 3.63) is 0 Å². The Morgan fingerprint density at radius 2 is 0.714 bits per heavy atom. The molecule has 6 nitrogen and oxygen atoms in total. The second-order valence-corrected chi connectivity index (χ2v) is 9.26. The van der Waals surface area contributed by atoms with Crippen molar-refractivity contribution in [2.45, 2.75) is 143 Å². The molecule has 210 valence electrons. The van der Waals surface area contributed by atoms with Crippen molar-refractivity contribution in [3.63, 3.8) is 0 Å². The Morgan fingerprint density at radius 3 is 0.971 bits per heavy atom. The maximum Gasteiger partial charge on any atom is 0.496 e. The Morgan fingerprint density at radius 1 is 0.457 bits per heavy atom. The van der Waals surface area contributed by atoms with Crippen LogP contribution >= 0.6 is 0 Å². The molecule has 0 aromatic carbocycles. The van der Waals surface area contributed by atoms with Gasteiger partial charge in [0.1, 0.15) is 0 Å². The third-order valence-corrected chi connectivity index (χ3v) is 5.35. The third-order valence-electron chi connectivity index (χ3n) is 5.35. The zero-order chi connectivity index (χ0) is 25.9. The van der Waals surface area contributed by atoms with E-state index in [0.29, 0.717) is 13.2 Å². The Labute approximate surface area is 225 Å². The molecule has 0 saturated carbocycles. The van der Waals surface area contributed by atoms with E-state index in [1.165, 1.54) is 77.0 Å². The van der Waals surface area contributed by atoms with Crippen LogP contribution in [0.2, 0.25) is 0 Å². The van der Waals surface area contributed by atoms with E-state index in [9.17, 15) is 9.59 Å². The molecule has 0 saturated heterocycles. The van der Waals surface area contributed by atoms with E-state index in [1.807, 2.05) is 0 Å². The molecule has 0 aromatic heterocycles. The third kappa shape index (κ3) is 37.5. The number of ketones is 2. The van der Waals surface area contributed by atoms with E-state index in [-0.39, 0.29) is 52.8 Å². The molecule has 0 rings (SSSR count). The Kier molecular flexibility index (Phi) is 33.7. The van der Waals surface area contributed by atoms with Crippen molar-refractivity contribution in [2.24, 2.45) is 0 Å². The average Bonchev–Trinajstić information content (AvgIpc) is 2.76. The van der Waals surface area contributed by atoms with E-state index in [4.69, 9.17) is 19.1 Å². The summed E-state index contributed by atoms with van der Waals surface area (Å²) >= 11 is 0. The smallest absolute Gasteiger partial charge is 0.338 e. The summed E-state index contributed by atoms with van der Waals surface area (Å²) in [5.41, 5.74) is 0. The molecule has 0 spiro atoms. The first kappa shape index (κ1) is 38.3. The molecular formula is C28H56NiO6+4. The quantitative estimate of drug-likeness (QED) is 0.0470. The van der Waals surface area contributed by atoms with Crippen molar-refractivity contribution >= 4 is 23.5 Å². The summed E-state index contributed by atoms with van der Waals surface area (Å²) in [4.78, 5) is 36.3. The number of hydrogen-bond donors (Lipinski definition) is 0. The first-order valence-corrected chi connectivity index (χ1v) is 13.7. The summed E-state index contributed by atoms with van der Waals surface area (Å²) in [5, 5.41) is 0. The fraction of sp³-hybridized carbons (Fsp3) is 0.857. The molecule has 35 heavy (non-hydrogen) atoms. The maximum atomic E-state index is 9.23. The molecule has 0 atom stereocenters. The molecule has 0 amide bonds. The first-order chi connectivity index (χ1) is 16.3. The second-order valence-electron chi connectivity index (χ2n) is 9.26. The minimum atomic E-state index is -0.0760. The van der Waals surface area contributed by atoms with Crippen molar-refractivity contribution in [1.29, 1.82) is 0 Å². The fourth-order valence-corrected chi connectivity index (χ4v) is 3.39. The topological polar surface area (TPSA) is 104 Å². The van der Waals surface area contributed by atoms with Gasteiger partial charge >= 0.3 is 23.5 Å². The summed E-state index contributed by atoms with van der Waals surface area (Å²) in [6.45, 7) is 8.66. The standard InChI is InChI=1S/2C14H26O3.Ni/c2*1-3-4-5-6-7-8-9-10-11-17-14(16)12-13(2)15;/h2*3-12H2,1-2H3;/p+4. The van der Waals surface area contributed by atoms with Gasteiger partial charge in [-0.3, -0.25) is 9.59 Å². The van der Waals surface area contributed by atoms with Gasteiger partial charge in [-0.2, -0.15) is 0 Å². The van der Waals surface area contributed by atoms with Crippen LogP contribution in [-0.2, 0) is 26.0 Å². The van der Waals surface area contributed by atoms with E-state index in [2.05, 4.69) is 13.8 Å². The normalized spacial score (nSPS) is 9.94. The van der Waals surface area contributed by atoms with Crippen LogP contribution in [0, 0.1) is 0 Å². The SMILES string of the molecule is CCCCCCCCCCOC(=[OH+])CC(C)=[OH+].CCCCCCCCCCOC(=[OH+])CC(C)=[OH+].[Ni]. The van der Waals surface area contributed by atoms with Crippen LogP contribution in [0.5, 0.6) is 0 Å². The summed E-state index contributed by atoms with van der Waals surface area (Å²) in [6, 6.07) is 0. The predicted molar refractivity (Wildman–Crippen MR) is 145 cm³/mol.